The summed E-state index contributed by atoms with van der Waals surface area (Å²) in [4.78, 5) is 30.6. The molecule has 0 aliphatic heterocycles. The largest absolute Gasteiger partial charge is 0.369 e. The molecule has 31 heavy (non-hydrogen) atoms. The molecule has 3 rings (SSSR count). The molecule has 0 unspecified atom stereocenters. The Kier molecular flexibility index (Phi) is 6.72. The lowest BCUT2D eigenvalue weighted by molar-refractivity contribution is 0.0994. The van der Waals surface area contributed by atoms with Crippen LogP contribution in [0.15, 0.2) is 41.4 Å². The summed E-state index contributed by atoms with van der Waals surface area (Å²) < 4.78 is 1.45. The van der Waals surface area contributed by atoms with Crippen molar-refractivity contribution in [1.29, 1.82) is 0 Å². The van der Waals surface area contributed by atoms with E-state index < -0.39 is 5.91 Å². The smallest absolute Gasteiger partial charge is 0.273 e. The average Bonchev–Trinajstić information content (AvgIpc) is 3.09. The van der Waals surface area contributed by atoms with Crippen LogP contribution in [0.2, 0.25) is 10.0 Å². The first-order chi connectivity index (χ1) is 14.7. The summed E-state index contributed by atoms with van der Waals surface area (Å²) in [6.07, 6.45) is 1.52. The Morgan fingerprint density at radius 1 is 1.19 bits per heavy atom. The summed E-state index contributed by atoms with van der Waals surface area (Å²) >= 11 is 12.4. The SMILES string of the molecule is Cc1cc(Cn2nnc(C(N)=O)c2/N=C/N(C)C)cc(Cl)c1C(=O)c1ccc(Cl)cc1. The number of hydrogen-bond donors (Lipinski definition) is 1. The Bertz CT molecular complexity index is 1150. The summed E-state index contributed by atoms with van der Waals surface area (Å²) in [6.45, 7) is 2.04. The summed E-state index contributed by atoms with van der Waals surface area (Å²) in [5.41, 5.74) is 7.72. The van der Waals surface area contributed by atoms with E-state index in [1.165, 1.54) is 11.0 Å². The highest BCUT2D eigenvalue weighted by Crippen LogP contribution is 2.27. The summed E-state index contributed by atoms with van der Waals surface area (Å²) in [7, 11) is 3.59. The van der Waals surface area contributed by atoms with E-state index in [4.69, 9.17) is 28.9 Å². The number of halogens is 2. The zero-order valence-electron chi connectivity index (χ0n) is 17.1. The highest BCUT2D eigenvalue weighted by Gasteiger charge is 2.20. The molecule has 0 bridgehead atoms. The van der Waals surface area contributed by atoms with Gasteiger partial charge in [0.25, 0.3) is 5.91 Å². The van der Waals surface area contributed by atoms with Crippen LogP contribution >= 0.6 is 23.2 Å². The van der Waals surface area contributed by atoms with E-state index in [0.29, 0.717) is 26.7 Å². The van der Waals surface area contributed by atoms with Crippen LogP contribution in [-0.4, -0.2) is 52.0 Å². The maximum atomic E-state index is 12.9. The van der Waals surface area contributed by atoms with E-state index in [1.54, 1.807) is 56.3 Å². The van der Waals surface area contributed by atoms with Crippen molar-refractivity contribution in [3.63, 3.8) is 0 Å². The number of primary amides is 1. The molecule has 1 aromatic heterocycles. The lowest BCUT2D eigenvalue weighted by Gasteiger charge is -2.12. The number of carbonyl (C=O) groups is 2. The van der Waals surface area contributed by atoms with Crippen LogP contribution in [0.3, 0.4) is 0 Å². The molecule has 3 aromatic rings. The molecule has 0 saturated heterocycles. The number of nitrogens with two attached hydrogens (primary N) is 1. The highest BCUT2D eigenvalue weighted by atomic mass is 35.5. The molecule has 0 atom stereocenters. The maximum absolute atomic E-state index is 12.9. The van der Waals surface area contributed by atoms with Gasteiger partial charge in [-0.2, -0.15) is 0 Å². The maximum Gasteiger partial charge on any atom is 0.273 e. The van der Waals surface area contributed by atoms with Gasteiger partial charge in [-0.25, -0.2) is 9.67 Å². The fourth-order valence-corrected chi connectivity index (χ4v) is 3.49. The van der Waals surface area contributed by atoms with Gasteiger partial charge in [0, 0.05) is 30.2 Å². The number of hydrogen-bond acceptors (Lipinski definition) is 5. The second-order valence-electron chi connectivity index (χ2n) is 7.10. The molecule has 0 fully saturated rings. The number of ketones is 1. The Morgan fingerprint density at radius 2 is 1.87 bits per heavy atom. The van der Waals surface area contributed by atoms with E-state index in [0.717, 1.165) is 5.56 Å². The normalized spacial score (nSPS) is 11.1. The summed E-state index contributed by atoms with van der Waals surface area (Å²) in [6, 6.07) is 10.1. The van der Waals surface area contributed by atoms with E-state index in [2.05, 4.69) is 15.3 Å². The minimum Gasteiger partial charge on any atom is -0.369 e. The molecule has 1 amide bonds. The monoisotopic (exact) mass is 458 g/mol. The summed E-state index contributed by atoms with van der Waals surface area (Å²) in [5, 5.41) is 8.69. The molecule has 0 radical (unpaired) electrons. The van der Waals surface area contributed by atoms with Gasteiger partial charge in [-0.1, -0.05) is 34.5 Å². The van der Waals surface area contributed by atoms with Crippen LogP contribution in [0.4, 0.5) is 5.82 Å². The Labute approximate surface area is 189 Å². The van der Waals surface area contributed by atoms with Crippen LogP contribution in [0, 0.1) is 6.92 Å². The number of aromatic nitrogens is 3. The quantitative estimate of drug-likeness (QED) is 0.331. The molecule has 0 saturated carbocycles. The van der Waals surface area contributed by atoms with Gasteiger partial charge < -0.3 is 10.6 Å². The Hall–Kier alpha value is -3.23. The van der Waals surface area contributed by atoms with Crippen molar-refractivity contribution in [1.82, 2.24) is 19.9 Å². The fraction of sp³-hybridized carbons (Fsp3) is 0.190. The van der Waals surface area contributed by atoms with Gasteiger partial charge in [-0.05, 0) is 48.4 Å². The Morgan fingerprint density at radius 3 is 2.45 bits per heavy atom. The van der Waals surface area contributed by atoms with Crippen LogP contribution in [0.1, 0.15) is 37.5 Å². The number of benzene rings is 2. The lowest BCUT2D eigenvalue weighted by atomic mass is 9.97. The molecular formula is C21H20Cl2N6O2. The van der Waals surface area contributed by atoms with Gasteiger partial charge in [0.15, 0.2) is 17.3 Å². The standard InChI is InChI=1S/C21H20Cl2N6O2/c1-12-8-13(9-16(23)17(12)19(30)14-4-6-15(22)7-5-14)10-29-21(25-11-28(2)3)18(20(24)31)26-27-29/h4-9,11H,10H2,1-3H3,(H2,24,31)/b25-11+. The van der Waals surface area contributed by atoms with Gasteiger partial charge in [-0.15, -0.1) is 5.10 Å². The third-order valence-electron chi connectivity index (χ3n) is 4.37. The third-order valence-corrected chi connectivity index (χ3v) is 4.92. The highest BCUT2D eigenvalue weighted by molar-refractivity contribution is 6.35. The minimum atomic E-state index is -0.727. The molecule has 2 N–H and O–H groups in total. The molecule has 0 aliphatic rings. The molecule has 8 nitrogen and oxygen atoms in total. The van der Waals surface area contributed by atoms with Gasteiger partial charge in [0.05, 0.1) is 17.9 Å². The number of rotatable bonds is 7. The van der Waals surface area contributed by atoms with E-state index >= 15 is 0 Å². The van der Waals surface area contributed by atoms with Crippen molar-refractivity contribution in [3.8, 4) is 0 Å². The zero-order valence-corrected chi connectivity index (χ0v) is 18.6. The molecule has 2 aromatic carbocycles. The first-order valence-corrected chi connectivity index (χ1v) is 9.96. The Balaban J connectivity index is 1.95. The third kappa shape index (κ3) is 5.10. The predicted molar refractivity (Wildman–Crippen MR) is 121 cm³/mol. The van der Waals surface area contributed by atoms with Gasteiger partial charge >= 0.3 is 0 Å². The van der Waals surface area contributed by atoms with Crippen molar-refractivity contribution >= 4 is 47.0 Å². The van der Waals surface area contributed by atoms with E-state index in [1.807, 2.05) is 6.07 Å². The van der Waals surface area contributed by atoms with E-state index in [9.17, 15) is 9.59 Å². The molecular weight excluding hydrogens is 439 g/mol. The van der Waals surface area contributed by atoms with Crippen molar-refractivity contribution in [3.05, 3.63) is 74.4 Å². The van der Waals surface area contributed by atoms with E-state index in [-0.39, 0.29) is 23.8 Å². The van der Waals surface area contributed by atoms with Crippen LogP contribution in [-0.2, 0) is 6.54 Å². The number of aryl methyl sites for hydroxylation is 1. The number of nitrogens with zero attached hydrogens (tertiary/aromatic N) is 5. The van der Waals surface area contributed by atoms with Crippen LogP contribution in [0.25, 0.3) is 0 Å². The second-order valence-corrected chi connectivity index (χ2v) is 7.94. The average molecular weight is 459 g/mol. The lowest BCUT2D eigenvalue weighted by Crippen LogP contribution is -2.13. The minimum absolute atomic E-state index is 0.0320. The number of aliphatic imine (C=N–C) groups is 1. The topological polar surface area (TPSA) is 106 Å². The molecule has 160 valence electrons. The number of carbonyl (C=O) groups excluding carboxylic acids is 2. The molecule has 0 aliphatic carbocycles. The zero-order chi connectivity index (χ0) is 22.7. The first kappa shape index (κ1) is 22.5. The van der Waals surface area contributed by atoms with Crippen molar-refractivity contribution in [2.75, 3.05) is 14.1 Å². The molecule has 0 spiro atoms. The van der Waals surface area contributed by atoms with Gasteiger partial charge in [0.2, 0.25) is 0 Å². The fourth-order valence-electron chi connectivity index (χ4n) is 2.98. The van der Waals surface area contributed by atoms with Crippen molar-refractivity contribution < 1.29 is 9.59 Å². The molecule has 1 heterocycles. The predicted octanol–water partition coefficient (Wildman–Crippen LogP) is 3.49. The van der Waals surface area contributed by atoms with Crippen LogP contribution < -0.4 is 5.73 Å². The van der Waals surface area contributed by atoms with Gasteiger partial charge in [-0.3, -0.25) is 9.59 Å². The van der Waals surface area contributed by atoms with Crippen molar-refractivity contribution in [2.45, 2.75) is 13.5 Å². The number of amides is 1. The summed E-state index contributed by atoms with van der Waals surface area (Å²) in [5.74, 6) is -0.690. The van der Waals surface area contributed by atoms with Gasteiger partial charge in [0.1, 0.15) is 0 Å². The second kappa shape index (κ2) is 9.28. The van der Waals surface area contributed by atoms with Crippen molar-refractivity contribution in [2.24, 2.45) is 10.7 Å². The van der Waals surface area contributed by atoms with Crippen LogP contribution in [0.5, 0.6) is 0 Å². The first-order valence-electron chi connectivity index (χ1n) is 9.20. The molecule has 10 heteroatoms.